The molecule has 0 aliphatic rings. The summed E-state index contributed by atoms with van der Waals surface area (Å²) in [6.07, 6.45) is 0.934. The van der Waals surface area contributed by atoms with Crippen molar-refractivity contribution in [2.24, 2.45) is 5.92 Å². The summed E-state index contributed by atoms with van der Waals surface area (Å²) in [5.41, 5.74) is 4.93. The molecule has 0 bridgehead atoms. The number of carbonyl (C=O) groups is 1. The van der Waals surface area contributed by atoms with E-state index < -0.39 is 28.0 Å². The topological polar surface area (TPSA) is 106 Å². The normalized spacial score (nSPS) is 12.7. The van der Waals surface area contributed by atoms with Crippen LogP contribution in [0.4, 0.5) is 0 Å². The first-order valence-corrected chi connectivity index (χ1v) is 13.7. The van der Waals surface area contributed by atoms with E-state index >= 15 is 0 Å². The molecule has 3 aromatic carbocycles. The van der Waals surface area contributed by atoms with Gasteiger partial charge in [0.05, 0.1) is 4.90 Å². The van der Waals surface area contributed by atoms with E-state index in [1.165, 1.54) is 17.7 Å². The van der Waals surface area contributed by atoms with Crippen LogP contribution in [0.5, 0.6) is 5.75 Å². The maximum absolute atomic E-state index is 12.7. The number of carboxylic acid groups (broad SMARTS) is 1. The third-order valence-corrected chi connectivity index (χ3v) is 7.91. The molecule has 0 aliphatic heterocycles. The van der Waals surface area contributed by atoms with Gasteiger partial charge in [-0.25, -0.2) is 8.42 Å². The summed E-state index contributed by atoms with van der Waals surface area (Å²) in [5.74, 6) is -0.111. The summed E-state index contributed by atoms with van der Waals surface area (Å²) in [6, 6.07) is 18.7. The van der Waals surface area contributed by atoms with Crippen LogP contribution in [0.1, 0.15) is 37.7 Å². The zero-order valence-electron chi connectivity index (χ0n) is 21.3. The van der Waals surface area contributed by atoms with E-state index in [0.717, 1.165) is 39.8 Å². The highest BCUT2D eigenvalue weighted by Crippen LogP contribution is 2.30. The summed E-state index contributed by atoms with van der Waals surface area (Å²) in [4.78, 5) is 11.4. The maximum atomic E-state index is 12.7. The number of furan rings is 1. The molecule has 37 heavy (non-hydrogen) atoms. The molecule has 0 spiro atoms. The predicted molar refractivity (Wildman–Crippen MR) is 143 cm³/mol. The number of carboxylic acids is 1. The number of hydrogen-bond acceptors (Lipinski definition) is 5. The average Bonchev–Trinajstić information content (AvgIpc) is 3.21. The van der Waals surface area contributed by atoms with Crippen molar-refractivity contribution in [1.29, 1.82) is 0 Å². The molecule has 1 unspecified atom stereocenters. The number of fused-ring (bicyclic) bond motifs is 1. The lowest BCUT2D eigenvalue weighted by Crippen LogP contribution is -2.44. The zero-order valence-corrected chi connectivity index (χ0v) is 22.1. The van der Waals surface area contributed by atoms with Gasteiger partial charge in [-0.3, -0.25) is 4.79 Å². The van der Waals surface area contributed by atoms with E-state index in [0.29, 0.717) is 12.4 Å². The van der Waals surface area contributed by atoms with Gasteiger partial charge in [0.1, 0.15) is 29.7 Å². The second-order valence-electron chi connectivity index (χ2n) is 9.31. The Morgan fingerprint density at radius 2 is 1.62 bits per heavy atom. The molecule has 4 aromatic rings. The van der Waals surface area contributed by atoms with Gasteiger partial charge in [0, 0.05) is 10.9 Å². The molecule has 0 amide bonds. The summed E-state index contributed by atoms with van der Waals surface area (Å²) in [6.45, 7) is 7.80. The molecule has 7 nitrogen and oxygen atoms in total. The molecule has 1 heterocycles. The fourth-order valence-electron chi connectivity index (χ4n) is 4.29. The highest BCUT2D eigenvalue weighted by atomic mass is 32.2. The van der Waals surface area contributed by atoms with Crippen molar-refractivity contribution in [1.82, 2.24) is 4.72 Å². The van der Waals surface area contributed by atoms with Gasteiger partial charge in [0.2, 0.25) is 10.0 Å². The Balaban J connectivity index is 1.44. The van der Waals surface area contributed by atoms with Crippen molar-refractivity contribution in [3.8, 4) is 16.9 Å². The van der Waals surface area contributed by atoms with Crippen molar-refractivity contribution in [3.05, 3.63) is 83.6 Å². The fraction of sp³-hybridized carbons (Fsp3) is 0.276. The largest absolute Gasteiger partial charge is 0.486 e. The van der Waals surface area contributed by atoms with Crippen LogP contribution in [0.3, 0.4) is 0 Å². The lowest BCUT2D eigenvalue weighted by Gasteiger charge is -2.18. The van der Waals surface area contributed by atoms with Crippen molar-refractivity contribution in [2.75, 3.05) is 0 Å². The third kappa shape index (κ3) is 5.70. The SMILES string of the molecule is CCc1cccc2oc(COc3ccc(-c4ccc(S(=O)(=O)NC(C(=O)O)C(C)C)cc4)cc3)c(C)c12. The molecule has 1 atom stereocenters. The number of rotatable bonds is 10. The quantitative estimate of drug-likeness (QED) is 0.268. The first kappa shape index (κ1) is 26.4. The van der Waals surface area contributed by atoms with Crippen LogP contribution in [0, 0.1) is 12.8 Å². The summed E-state index contributed by atoms with van der Waals surface area (Å²) in [5, 5.41) is 10.5. The lowest BCUT2D eigenvalue weighted by molar-refractivity contribution is -0.140. The maximum Gasteiger partial charge on any atom is 0.322 e. The van der Waals surface area contributed by atoms with Gasteiger partial charge in [-0.05, 0) is 66.3 Å². The highest BCUT2D eigenvalue weighted by molar-refractivity contribution is 7.89. The Kier molecular flexibility index (Phi) is 7.71. The minimum Gasteiger partial charge on any atom is -0.486 e. The van der Waals surface area contributed by atoms with Crippen LogP contribution in [-0.4, -0.2) is 25.5 Å². The van der Waals surface area contributed by atoms with Crippen LogP contribution in [-0.2, 0) is 27.8 Å². The molecule has 8 heteroatoms. The van der Waals surface area contributed by atoms with Crippen LogP contribution in [0.25, 0.3) is 22.1 Å². The van der Waals surface area contributed by atoms with Gasteiger partial charge in [0.15, 0.2) is 0 Å². The Hall–Kier alpha value is -3.62. The molecule has 2 N–H and O–H groups in total. The molecule has 0 fully saturated rings. The summed E-state index contributed by atoms with van der Waals surface area (Å²) >= 11 is 0. The van der Waals surface area contributed by atoms with Gasteiger partial charge in [0.25, 0.3) is 0 Å². The fourth-order valence-corrected chi connectivity index (χ4v) is 5.63. The van der Waals surface area contributed by atoms with Gasteiger partial charge in [-0.15, -0.1) is 0 Å². The smallest absolute Gasteiger partial charge is 0.322 e. The Labute approximate surface area is 217 Å². The van der Waals surface area contributed by atoms with E-state index in [9.17, 15) is 18.3 Å². The molecule has 1 aromatic heterocycles. The molecule has 194 valence electrons. The Bertz CT molecular complexity index is 1500. The van der Waals surface area contributed by atoms with E-state index in [1.54, 1.807) is 26.0 Å². The number of aryl methyl sites for hydroxylation is 2. The standard InChI is InChI=1S/C29H31NO6S/c1-5-20-7-6-8-25-27(20)19(4)26(36-25)17-35-23-13-9-21(10-14-23)22-11-15-24(16-12-22)37(33,34)30-28(18(2)3)29(31)32/h6-16,18,28,30H,5,17H2,1-4H3,(H,31,32). The van der Waals surface area contributed by atoms with Crippen molar-refractivity contribution >= 4 is 27.0 Å². The van der Waals surface area contributed by atoms with E-state index in [2.05, 4.69) is 24.6 Å². The minimum absolute atomic E-state index is 0.00976. The first-order chi connectivity index (χ1) is 17.6. The number of benzene rings is 3. The van der Waals surface area contributed by atoms with Crippen molar-refractivity contribution in [3.63, 3.8) is 0 Å². The molecular weight excluding hydrogens is 490 g/mol. The minimum atomic E-state index is -3.97. The van der Waals surface area contributed by atoms with Crippen LogP contribution in [0.15, 0.2) is 76.0 Å². The van der Waals surface area contributed by atoms with Crippen LogP contribution >= 0.6 is 0 Å². The second-order valence-corrected chi connectivity index (χ2v) is 11.0. The van der Waals surface area contributed by atoms with Crippen molar-refractivity contribution < 1.29 is 27.5 Å². The number of nitrogens with one attached hydrogen (secondary N) is 1. The average molecular weight is 522 g/mol. The van der Waals surface area contributed by atoms with Gasteiger partial charge < -0.3 is 14.3 Å². The first-order valence-electron chi connectivity index (χ1n) is 12.2. The predicted octanol–water partition coefficient (Wildman–Crippen LogP) is 5.94. The van der Waals surface area contributed by atoms with Gasteiger partial charge >= 0.3 is 5.97 Å². The Morgan fingerprint density at radius 1 is 1.00 bits per heavy atom. The third-order valence-electron chi connectivity index (χ3n) is 6.46. The number of aliphatic carboxylic acids is 1. The number of ether oxygens (including phenoxy) is 1. The lowest BCUT2D eigenvalue weighted by atomic mass is 10.0. The number of hydrogen-bond donors (Lipinski definition) is 2. The van der Waals surface area contributed by atoms with Crippen molar-refractivity contribution in [2.45, 2.75) is 51.7 Å². The molecule has 4 rings (SSSR count). The zero-order chi connectivity index (χ0) is 26.7. The van der Waals surface area contributed by atoms with Crippen LogP contribution in [0.2, 0.25) is 0 Å². The van der Waals surface area contributed by atoms with E-state index in [1.807, 2.05) is 36.4 Å². The number of sulfonamides is 1. The van der Waals surface area contributed by atoms with Gasteiger partial charge in [-0.2, -0.15) is 4.72 Å². The monoisotopic (exact) mass is 521 g/mol. The second kappa shape index (κ2) is 10.8. The molecule has 0 saturated heterocycles. The van der Waals surface area contributed by atoms with E-state index in [4.69, 9.17) is 9.15 Å². The van der Waals surface area contributed by atoms with Gasteiger partial charge in [-0.1, -0.05) is 57.2 Å². The summed E-state index contributed by atoms with van der Waals surface area (Å²) < 4.78 is 39.6. The summed E-state index contributed by atoms with van der Waals surface area (Å²) in [7, 11) is -3.97. The molecule has 0 aliphatic carbocycles. The molecular formula is C29H31NO6S. The Morgan fingerprint density at radius 3 is 2.19 bits per heavy atom. The molecule has 0 radical (unpaired) electrons. The highest BCUT2D eigenvalue weighted by Gasteiger charge is 2.28. The molecule has 0 saturated carbocycles. The van der Waals surface area contributed by atoms with Crippen LogP contribution < -0.4 is 9.46 Å². The van der Waals surface area contributed by atoms with E-state index in [-0.39, 0.29) is 4.90 Å².